The number of fused-ring (bicyclic) bond motifs is 1. The highest BCUT2D eigenvalue weighted by atomic mass is 35.5. The number of carbonyl (C=O) groups is 2. The van der Waals surface area contributed by atoms with Gasteiger partial charge in [0.1, 0.15) is 10.7 Å². The third-order valence-corrected chi connectivity index (χ3v) is 5.99. The van der Waals surface area contributed by atoms with Gasteiger partial charge in [0, 0.05) is 29.2 Å². The van der Waals surface area contributed by atoms with Gasteiger partial charge in [-0.25, -0.2) is 23.1 Å². The van der Waals surface area contributed by atoms with Crippen molar-refractivity contribution in [3.8, 4) is 0 Å². The molecule has 0 saturated heterocycles. The van der Waals surface area contributed by atoms with Gasteiger partial charge in [-0.15, -0.1) is 0 Å². The first-order valence-corrected chi connectivity index (χ1v) is 10.5. The molecule has 0 aliphatic heterocycles. The fourth-order valence-electron chi connectivity index (χ4n) is 2.85. The van der Waals surface area contributed by atoms with Crippen LogP contribution in [0.2, 0.25) is 0 Å². The van der Waals surface area contributed by atoms with Crippen LogP contribution < -0.4 is 10.0 Å². The molecule has 0 amide bonds. The Kier molecular flexibility index (Phi) is 5.06. The fraction of sp³-hybridized carbons (Fsp3) is 0. The van der Waals surface area contributed by atoms with Crippen LogP contribution >= 0.6 is 11.6 Å². The van der Waals surface area contributed by atoms with Crippen molar-refractivity contribution in [1.82, 2.24) is 9.97 Å². The number of benzene rings is 2. The summed E-state index contributed by atoms with van der Waals surface area (Å²) < 4.78 is 27.2. The average molecular weight is 441 g/mol. The SMILES string of the molecule is O=C1C(Cl)=C(Nc2ccc(S(=O)(=O)Nc3ncccn3)cc2)C(=O)c2ccccc21. The molecule has 0 radical (unpaired) electrons. The van der Waals surface area contributed by atoms with E-state index in [-0.39, 0.29) is 32.7 Å². The number of Topliss-reactive ketones (excluding diaryl/α,β-unsaturated/α-hetero) is 2. The molecule has 8 nitrogen and oxygen atoms in total. The van der Waals surface area contributed by atoms with Crippen molar-refractivity contribution >= 4 is 44.8 Å². The normalized spacial score (nSPS) is 13.8. The molecule has 150 valence electrons. The lowest BCUT2D eigenvalue weighted by Gasteiger charge is -2.19. The second kappa shape index (κ2) is 7.69. The second-order valence-corrected chi connectivity index (χ2v) is 8.28. The number of nitrogens with zero attached hydrogens (tertiary/aromatic N) is 2. The quantitative estimate of drug-likeness (QED) is 0.625. The van der Waals surface area contributed by atoms with Crippen molar-refractivity contribution in [2.24, 2.45) is 0 Å². The summed E-state index contributed by atoms with van der Waals surface area (Å²) in [6, 6.07) is 13.5. The molecular formula is C20H13ClN4O4S. The predicted octanol–water partition coefficient (Wildman–Crippen LogP) is 3.22. The van der Waals surface area contributed by atoms with Gasteiger partial charge >= 0.3 is 0 Å². The molecule has 1 aromatic heterocycles. The van der Waals surface area contributed by atoms with Crippen LogP contribution in [-0.2, 0) is 10.0 Å². The molecule has 0 fully saturated rings. The van der Waals surface area contributed by atoms with Crippen molar-refractivity contribution in [2.75, 3.05) is 10.0 Å². The van der Waals surface area contributed by atoms with Crippen LogP contribution in [0.1, 0.15) is 20.7 Å². The molecule has 0 unspecified atom stereocenters. The van der Waals surface area contributed by atoms with E-state index in [0.717, 1.165) is 0 Å². The molecule has 1 aliphatic carbocycles. The zero-order chi connectivity index (χ0) is 21.3. The summed E-state index contributed by atoms with van der Waals surface area (Å²) in [5, 5.41) is 2.59. The molecule has 2 aromatic carbocycles. The van der Waals surface area contributed by atoms with E-state index in [1.807, 2.05) is 0 Å². The molecule has 0 saturated carbocycles. The lowest BCUT2D eigenvalue weighted by molar-refractivity contribution is 0.0982. The lowest BCUT2D eigenvalue weighted by Crippen LogP contribution is -2.24. The zero-order valence-corrected chi connectivity index (χ0v) is 16.7. The molecular weight excluding hydrogens is 428 g/mol. The summed E-state index contributed by atoms with van der Waals surface area (Å²) in [5.41, 5.74) is 0.819. The Morgan fingerprint density at radius 2 is 1.40 bits per heavy atom. The fourth-order valence-corrected chi connectivity index (χ4v) is 4.04. The molecule has 4 rings (SSSR count). The van der Waals surface area contributed by atoms with E-state index in [9.17, 15) is 18.0 Å². The Morgan fingerprint density at radius 3 is 2.03 bits per heavy atom. The molecule has 10 heteroatoms. The monoisotopic (exact) mass is 440 g/mol. The van der Waals surface area contributed by atoms with Crippen LogP contribution in [0.5, 0.6) is 0 Å². The van der Waals surface area contributed by atoms with E-state index >= 15 is 0 Å². The third kappa shape index (κ3) is 3.68. The first-order chi connectivity index (χ1) is 14.4. The summed E-state index contributed by atoms with van der Waals surface area (Å²) in [7, 11) is -3.90. The smallest absolute Gasteiger partial charge is 0.264 e. The van der Waals surface area contributed by atoms with E-state index in [4.69, 9.17) is 11.6 Å². The van der Waals surface area contributed by atoms with Gasteiger partial charge in [0.2, 0.25) is 17.5 Å². The van der Waals surface area contributed by atoms with Crippen LogP contribution in [0, 0.1) is 0 Å². The number of rotatable bonds is 5. The second-order valence-electron chi connectivity index (χ2n) is 6.22. The van der Waals surface area contributed by atoms with Crippen molar-refractivity contribution in [2.45, 2.75) is 4.90 Å². The predicted molar refractivity (Wildman–Crippen MR) is 111 cm³/mol. The number of anilines is 2. The van der Waals surface area contributed by atoms with Crippen LogP contribution in [0.25, 0.3) is 0 Å². The van der Waals surface area contributed by atoms with E-state index in [2.05, 4.69) is 20.0 Å². The van der Waals surface area contributed by atoms with Crippen molar-refractivity contribution in [3.63, 3.8) is 0 Å². The van der Waals surface area contributed by atoms with Crippen LogP contribution in [-0.4, -0.2) is 30.0 Å². The highest BCUT2D eigenvalue weighted by molar-refractivity contribution is 7.92. The van der Waals surface area contributed by atoms with Gasteiger partial charge in [0.25, 0.3) is 10.0 Å². The number of allylic oxidation sites excluding steroid dienone is 2. The number of aromatic nitrogens is 2. The van der Waals surface area contributed by atoms with Gasteiger partial charge in [-0.1, -0.05) is 35.9 Å². The maximum atomic E-state index is 12.7. The molecule has 1 heterocycles. The lowest BCUT2D eigenvalue weighted by atomic mass is 9.92. The molecule has 2 N–H and O–H groups in total. The molecule has 30 heavy (non-hydrogen) atoms. The third-order valence-electron chi connectivity index (χ3n) is 4.29. The standard InChI is InChI=1S/C20H13ClN4O4S/c21-16-17(19(27)15-5-2-1-4-14(15)18(16)26)24-12-6-8-13(9-7-12)30(28,29)25-20-22-10-3-11-23-20/h1-11,24H,(H,22,23,25). The number of hydrogen-bond acceptors (Lipinski definition) is 7. The van der Waals surface area contributed by atoms with Crippen molar-refractivity contribution < 1.29 is 18.0 Å². The van der Waals surface area contributed by atoms with Gasteiger partial charge < -0.3 is 5.32 Å². The number of carbonyl (C=O) groups excluding carboxylic acids is 2. The van der Waals surface area contributed by atoms with Crippen molar-refractivity contribution in [3.05, 3.63) is 88.8 Å². The summed E-state index contributed by atoms with van der Waals surface area (Å²) in [6.45, 7) is 0. The Morgan fingerprint density at radius 1 is 0.800 bits per heavy atom. The van der Waals surface area contributed by atoms with Crippen LogP contribution in [0.3, 0.4) is 0 Å². The zero-order valence-electron chi connectivity index (χ0n) is 15.2. The Labute approximate surface area is 176 Å². The summed E-state index contributed by atoms with van der Waals surface area (Å²) in [6.07, 6.45) is 2.83. The summed E-state index contributed by atoms with van der Waals surface area (Å²) >= 11 is 6.13. The topological polar surface area (TPSA) is 118 Å². The minimum absolute atomic E-state index is 0.0306. The Bertz CT molecular complexity index is 1290. The minimum Gasteiger partial charge on any atom is -0.351 e. The van der Waals surface area contributed by atoms with Gasteiger partial charge in [-0.05, 0) is 30.3 Å². The molecule has 0 bridgehead atoms. The van der Waals surface area contributed by atoms with E-state index < -0.39 is 21.6 Å². The van der Waals surface area contributed by atoms with Gasteiger partial charge in [0.15, 0.2) is 0 Å². The Hall–Kier alpha value is -3.56. The van der Waals surface area contributed by atoms with Crippen LogP contribution in [0.15, 0.2) is 82.6 Å². The Balaban J connectivity index is 1.58. The number of sulfonamides is 1. The van der Waals surface area contributed by atoms with Gasteiger partial charge in [-0.3, -0.25) is 9.59 Å². The maximum Gasteiger partial charge on any atom is 0.264 e. The van der Waals surface area contributed by atoms with Crippen LogP contribution in [0.4, 0.5) is 11.6 Å². The van der Waals surface area contributed by atoms with E-state index in [1.165, 1.54) is 42.7 Å². The van der Waals surface area contributed by atoms with Crippen molar-refractivity contribution in [1.29, 1.82) is 0 Å². The molecule has 3 aromatic rings. The van der Waals surface area contributed by atoms with E-state index in [1.54, 1.807) is 24.3 Å². The average Bonchev–Trinajstić information content (AvgIpc) is 2.76. The first kappa shape index (κ1) is 19.7. The number of ketones is 2. The highest BCUT2D eigenvalue weighted by Gasteiger charge is 2.31. The molecule has 1 aliphatic rings. The van der Waals surface area contributed by atoms with E-state index in [0.29, 0.717) is 5.69 Å². The van der Waals surface area contributed by atoms with Gasteiger partial charge in [-0.2, -0.15) is 0 Å². The first-order valence-electron chi connectivity index (χ1n) is 8.62. The number of hydrogen-bond donors (Lipinski definition) is 2. The highest BCUT2D eigenvalue weighted by Crippen LogP contribution is 2.29. The maximum absolute atomic E-state index is 12.7. The summed E-state index contributed by atoms with van der Waals surface area (Å²) in [4.78, 5) is 32.8. The van der Waals surface area contributed by atoms with Gasteiger partial charge in [0.05, 0.1) is 4.90 Å². The summed E-state index contributed by atoms with van der Waals surface area (Å²) in [5.74, 6) is -0.933. The minimum atomic E-state index is -3.90. The largest absolute Gasteiger partial charge is 0.351 e. The molecule has 0 atom stereocenters. The number of halogens is 1. The number of nitrogens with one attached hydrogen (secondary N) is 2. The molecule has 0 spiro atoms.